The first-order valence-corrected chi connectivity index (χ1v) is 11.5. The van der Waals surface area contributed by atoms with E-state index in [1.807, 2.05) is 56.4 Å². The number of aryl methyl sites for hydroxylation is 2. The smallest absolute Gasteiger partial charge is 0.249 e. The van der Waals surface area contributed by atoms with Gasteiger partial charge in [-0.1, -0.05) is 58.4 Å². The second-order valence-electron chi connectivity index (χ2n) is 8.54. The van der Waals surface area contributed by atoms with Gasteiger partial charge >= 0.3 is 0 Å². The minimum absolute atomic E-state index is 0.0921. The van der Waals surface area contributed by atoms with E-state index in [2.05, 4.69) is 27.3 Å². The Morgan fingerprint density at radius 3 is 2.52 bits per heavy atom. The van der Waals surface area contributed by atoms with Gasteiger partial charge in [0.15, 0.2) is 0 Å². The number of rotatable bonds is 10. The Balaban J connectivity index is 1.44. The highest BCUT2D eigenvalue weighted by Gasteiger charge is 2.46. The number of hydrogen-bond donors (Lipinski definition) is 1. The predicted molar refractivity (Wildman–Crippen MR) is 126 cm³/mol. The number of carbonyl (C=O) groups excluding carboxylic acids is 2. The fourth-order valence-corrected chi connectivity index (χ4v) is 3.80. The number of likely N-dealkylation sites (N-methyl/N-ethyl adjacent to an activating group) is 1. The molecule has 1 N–H and O–H groups in total. The third kappa shape index (κ3) is 6.91. The molecule has 6 heteroatoms. The maximum absolute atomic E-state index is 12.6. The van der Waals surface area contributed by atoms with Gasteiger partial charge in [0.1, 0.15) is 6.10 Å². The van der Waals surface area contributed by atoms with Crippen LogP contribution in [0.1, 0.15) is 42.9 Å². The van der Waals surface area contributed by atoms with Crippen LogP contribution in [0.5, 0.6) is 0 Å². The summed E-state index contributed by atoms with van der Waals surface area (Å²) < 4.78 is 6.80. The Hall–Kier alpha value is -2.18. The average Bonchev–Trinajstić information content (AvgIpc) is 3.51. The molecule has 2 amide bonds. The summed E-state index contributed by atoms with van der Waals surface area (Å²) >= 11 is 3.51. The average molecular weight is 487 g/mol. The van der Waals surface area contributed by atoms with Crippen molar-refractivity contribution in [2.75, 3.05) is 13.6 Å². The van der Waals surface area contributed by atoms with Crippen molar-refractivity contribution in [3.05, 3.63) is 69.7 Å². The molecule has 1 fully saturated rings. The van der Waals surface area contributed by atoms with Gasteiger partial charge in [0, 0.05) is 24.5 Å². The quantitative estimate of drug-likeness (QED) is 0.541. The van der Waals surface area contributed by atoms with Gasteiger partial charge in [-0.15, -0.1) is 0 Å². The number of benzene rings is 2. The van der Waals surface area contributed by atoms with Crippen LogP contribution < -0.4 is 5.32 Å². The van der Waals surface area contributed by atoms with Crippen LogP contribution in [0.25, 0.3) is 0 Å². The molecule has 0 aliphatic heterocycles. The third-order valence-electron chi connectivity index (χ3n) is 5.77. The number of ether oxygens (including phenoxy) is 1. The lowest BCUT2D eigenvalue weighted by molar-refractivity contribution is -0.135. The Morgan fingerprint density at radius 1 is 1.16 bits per heavy atom. The number of halogens is 1. The van der Waals surface area contributed by atoms with Crippen LogP contribution in [0.15, 0.2) is 53.0 Å². The van der Waals surface area contributed by atoms with Crippen molar-refractivity contribution in [2.24, 2.45) is 0 Å². The van der Waals surface area contributed by atoms with E-state index in [4.69, 9.17) is 4.74 Å². The molecule has 1 aliphatic rings. The minimum atomic E-state index is -0.542. The maximum atomic E-state index is 12.6. The molecule has 2 aromatic carbocycles. The molecule has 0 spiro atoms. The first kappa shape index (κ1) is 23.5. The zero-order chi connectivity index (χ0) is 22.4. The van der Waals surface area contributed by atoms with Gasteiger partial charge in [0.25, 0.3) is 0 Å². The first-order valence-electron chi connectivity index (χ1n) is 10.7. The lowest BCUT2D eigenvalue weighted by atomic mass is 10.1. The van der Waals surface area contributed by atoms with Crippen molar-refractivity contribution in [1.82, 2.24) is 10.2 Å². The molecule has 5 nitrogen and oxygen atoms in total. The van der Waals surface area contributed by atoms with Crippen molar-refractivity contribution in [3.8, 4) is 0 Å². The molecule has 1 atom stereocenters. The van der Waals surface area contributed by atoms with Gasteiger partial charge in [0.2, 0.25) is 11.8 Å². The molecular weight excluding hydrogens is 456 g/mol. The summed E-state index contributed by atoms with van der Waals surface area (Å²) in [6.07, 6.45) is 2.39. The molecule has 0 bridgehead atoms. The standard InChI is InChI=1S/C25H31BrN2O3/c1-18-15-20(9-11-22(18)26)10-12-23(29)28(3)17-25(13-14-25)27-24(30)19(2)31-16-21-7-5-4-6-8-21/h4-9,11,15,19H,10,12-14,16-17H2,1-3H3,(H,27,30). The van der Waals surface area contributed by atoms with Crippen LogP contribution in [0.2, 0.25) is 0 Å². The number of hydrogen-bond acceptors (Lipinski definition) is 3. The van der Waals surface area contributed by atoms with Crippen LogP contribution in [0, 0.1) is 6.92 Å². The molecule has 1 unspecified atom stereocenters. The van der Waals surface area contributed by atoms with E-state index in [9.17, 15) is 9.59 Å². The van der Waals surface area contributed by atoms with Crippen LogP contribution in [0.4, 0.5) is 0 Å². The Morgan fingerprint density at radius 2 is 1.87 bits per heavy atom. The van der Waals surface area contributed by atoms with Crippen molar-refractivity contribution >= 4 is 27.7 Å². The van der Waals surface area contributed by atoms with E-state index in [0.29, 0.717) is 26.0 Å². The zero-order valence-corrected chi connectivity index (χ0v) is 20.1. The van der Waals surface area contributed by atoms with Crippen LogP contribution >= 0.6 is 15.9 Å². The highest BCUT2D eigenvalue weighted by atomic mass is 79.9. The number of nitrogens with one attached hydrogen (secondary N) is 1. The summed E-state index contributed by atoms with van der Waals surface area (Å²) in [5, 5.41) is 3.11. The molecule has 166 valence electrons. The van der Waals surface area contributed by atoms with Gasteiger partial charge in [-0.3, -0.25) is 9.59 Å². The van der Waals surface area contributed by atoms with Crippen molar-refractivity contribution in [1.29, 1.82) is 0 Å². The van der Waals surface area contributed by atoms with Gasteiger partial charge < -0.3 is 15.0 Å². The summed E-state index contributed by atoms with van der Waals surface area (Å²) in [6.45, 7) is 4.74. The molecule has 2 aromatic rings. The van der Waals surface area contributed by atoms with Gasteiger partial charge in [-0.05, 0) is 55.9 Å². The van der Waals surface area contributed by atoms with Gasteiger partial charge in [0.05, 0.1) is 12.1 Å². The fraction of sp³-hybridized carbons (Fsp3) is 0.440. The minimum Gasteiger partial charge on any atom is -0.364 e. The largest absolute Gasteiger partial charge is 0.364 e. The van der Waals surface area contributed by atoms with E-state index in [1.165, 1.54) is 5.56 Å². The Kier molecular flexibility index (Phi) is 7.89. The Bertz CT molecular complexity index is 912. The maximum Gasteiger partial charge on any atom is 0.249 e. The van der Waals surface area contributed by atoms with Gasteiger partial charge in [-0.2, -0.15) is 0 Å². The van der Waals surface area contributed by atoms with E-state index >= 15 is 0 Å². The van der Waals surface area contributed by atoms with Gasteiger partial charge in [-0.25, -0.2) is 0 Å². The second kappa shape index (κ2) is 10.4. The number of carbonyl (C=O) groups is 2. The summed E-state index contributed by atoms with van der Waals surface area (Å²) in [5.74, 6) is -0.0333. The molecule has 31 heavy (non-hydrogen) atoms. The highest BCUT2D eigenvalue weighted by molar-refractivity contribution is 9.10. The summed E-state index contributed by atoms with van der Waals surface area (Å²) in [4.78, 5) is 27.0. The van der Waals surface area contributed by atoms with E-state index in [-0.39, 0.29) is 17.4 Å². The molecule has 0 saturated heterocycles. The predicted octanol–water partition coefficient (Wildman–Crippen LogP) is 4.40. The van der Waals surface area contributed by atoms with Crippen LogP contribution in [-0.4, -0.2) is 41.9 Å². The molecule has 0 aromatic heterocycles. The topological polar surface area (TPSA) is 58.6 Å². The monoisotopic (exact) mass is 486 g/mol. The summed E-state index contributed by atoms with van der Waals surface area (Å²) in [6, 6.07) is 16.0. The van der Waals surface area contributed by atoms with Crippen molar-refractivity contribution in [2.45, 2.75) is 57.8 Å². The molecule has 0 radical (unpaired) electrons. The lowest BCUT2D eigenvalue weighted by Crippen LogP contribution is -2.49. The van der Waals surface area contributed by atoms with Crippen LogP contribution in [-0.2, 0) is 27.4 Å². The normalized spacial score (nSPS) is 15.2. The summed E-state index contributed by atoms with van der Waals surface area (Å²) in [7, 11) is 1.82. The lowest BCUT2D eigenvalue weighted by Gasteiger charge is -2.26. The number of amides is 2. The van der Waals surface area contributed by atoms with E-state index in [1.54, 1.807) is 11.8 Å². The zero-order valence-electron chi connectivity index (χ0n) is 18.5. The molecule has 0 heterocycles. The Labute approximate surface area is 193 Å². The van der Waals surface area contributed by atoms with Crippen molar-refractivity contribution in [3.63, 3.8) is 0 Å². The first-order chi connectivity index (χ1) is 14.8. The van der Waals surface area contributed by atoms with Crippen LogP contribution in [0.3, 0.4) is 0 Å². The molecule has 1 saturated carbocycles. The molecule has 1 aliphatic carbocycles. The van der Waals surface area contributed by atoms with Crippen molar-refractivity contribution < 1.29 is 14.3 Å². The second-order valence-corrected chi connectivity index (χ2v) is 9.40. The number of nitrogens with zero attached hydrogens (tertiary/aromatic N) is 1. The fourth-order valence-electron chi connectivity index (χ4n) is 3.55. The van der Waals surface area contributed by atoms with E-state index < -0.39 is 6.10 Å². The third-order valence-corrected chi connectivity index (χ3v) is 6.66. The summed E-state index contributed by atoms with van der Waals surface area (Å²) in [5.41, 5.74) is 3.04. The molecule has 3 rings (SSSR count). The molecular formula is C25H31BrN2O3. The van der Waals surface area contributed by atoms with E-state index in [0.717, 1.165) is 28.4 Å². The SMILES string of the molecule is Cc1cc(CCC(=O)N(C)CC2(NC(=O)C(C)OCc3ccccc3)CC2)ccc1Br. The highest BCUT2D eigenvalue weighted by Crippen LogP contribution is 2.36.